The van der Waals surface area contributed by atoms with Crippen molar-refractivity contribution in [2.75, 3.05) is 12.3 Å². The standard InChI is InChI=1S/C10H13FN5O7PS/c11-10(18)3(1-22-24(19,20)21)23-8(5(10)25)16-2-13-4-6(16)14-9(12)15-7(4)17/h2-3,5,8,18,25H,1H2,(H2,19,20,21)(H3,12,14,15,17)/t3-,5+,8-,10-/m1/s1. The maximum absolute atomic E-state index is 14.5. The Bertz CT molecular complexity index is 913. The number of ether oxygens (including phenoxy) is 1. The minimum Gasteiger partial charge on any atom is -0.369 e. The monoisotopic (exact) mass is 397 g/mol. The lowest BCUT2D eigenvalue weighted by Crippen LogP contribution is -2.42. The lowest BCUT2D eigenvalue weighted by molar-refractivity contribution is -0.147. The van der Waals surface area contributed by atoms with Crippen molar-refractivity contribution in [1.82, 2.24) is 19.5 Å². The third-order valence-corrected chi connectivity index (χ3v) is 4.66. The van der Waals surface area contributed by atoms with E-state index in [4.69, 9.17) is 20.3 Å². The van der Waals surface area contributed by atoms with Gasteiger partial charge in [0.25, 0.3) is 11.4 Å². The Morgan fingerprint density at radius 1 is 1.60 bits per heavy atom. The van der Waals surface area contributed by atoms with E-state index < -0.39 is 43.4 Å². The highest BCUT2D eigenvalue weighted by atomic mass is 32.1. The zero-order chi connectivity index (χ0) is 18.6. The smallest absolute Gasteiger partial charge is 0.369 e. The van der Waals surface area contributed by atoms with Crippen molar-refractivity contribution >= 4 is 37.6 Å². The number of nitrogens with two attached hydrogens (primary N) is 1. The number of phosphoric ester groups is 1. The molecule has 2 aromatic heterocycles. The molecule has 25 heavy (non-hydrogen) atoms. The Balaban J connectivity index is 1.96. The number of H-pyrrole nitrogens is 1. The number of imidazole rings is 1. The topological polar surface area (TPSA) is 186 Å². The summed E-state index contributed by atoms with van der Waals surface area (Å²) in [6.07, 6.45) is -1.95. The first kappa shape index (κ1) is 18.3. The van der Waals surface area contributed by atoms with E-state index in [1.165, 1.54) is 0 Å². The van der Waals surface area contributed by atoms with Gasteiger partial charge in [0.2, 0.25) is 5.95 Å². The molecule has 0 unspecified atom stereocenters. The van der Waals surface area contributed by atoms with Crippen LogP contribution in [0.15, 0.2) is 11.1 Å². The van der Waals surface area contributed by atoms with E-state index in [9.17, 15) is 18.9 Å². The average molecular weight is 397 g/mol. The number of aromatic nitrogens is 4. The van der Waals surface area contributed by atoms with Crippen LogP contribution in [0.4, 0.5) is 10.3 Å². The molecule has 1 aliphatic heterocycles. The molecule has 0 spiro atoms. The van der Waals surface area contributed by atoms with Gasteiger partial charge in [-0.25, -0.2) is 13.9 Å². The van der Waals surface area contributed by atoms with Gasteiger partial charge in [-0.15, -0.1) is 0 Å². The summed E-state index contributed by atoms with van der Waals surface area (Å²) in [5.41, 5.74) is 4.69. The fourth-order valence-corrected chi connectivity index (χ4v) is 3.11. The van der Waals surface area contributed by atoms with E-state index in [0.717, 1.165) is 10.9 Å². The Kier molecular flexibility index (Phi) is 4.39. The van der Waals surface area contributed by atoms with Gasteiger partial charge in [-0.05, 0) is 0 Å². The van der Waals surface area contributed by atoms with Crippen LogP contribution in [0.1, 0.15) is 6.23 Å². The second-order valence-electron chi connectivity index (χ2n) is 5.25. The first-order valence-corrected chi connectivity index (χ1v) is 8.72. The molecule has 0 aromatic carbocycles. The number of rotatable bonds is 4. The van der Waals surface area contributed by atoms with Crippen molar-refractivity contribution in [3.05, 3.63) is 16.7 Å². The van der Waals surface area contributed by atoms with Crippen LogP contribution in [0.3, 0.4) is 0 Å². The lowest BCUT2D eigenvalue weighted by Gasteiger charge is -2.22. The number of hydrogen-bond acceptors (Lipinski definition) is 9. The summed E-state index contributed by atoms with van der Waals surface area (Å²) < 4.78 is 35.9. The van der Waals surface area contributed by atoms with Crippen LogP contribution in [0, 0.1) is 0 Å². The number of thiol groups is 1. The molecule has 0 radical (unpaired) electrons. The van der Waals surface area contributed by atoms with Crippen LogP contribution in [-0.4, -0.2) is 58.2 Å². The number of alkyl halides is 1. The van der Waals surface area contributed by atoms with Crippen molar-refractivity contribution in [3.63, 3.8) is 0 Å². The predicted octanol–water partition coefficient (Wildman–Crippen LogP) is -1.34. The first-order valence-electron chi connectivity index (χ1n) is 6.68. The molecule has 0 bridgehead atoms. The van der Waals surface area contributed by atoms with Crippen molar-refractivity contribution in [3.8, 4) is 0 Å². The van der Waals surface area contributed by atoms with E-state index in [1.54, 1.807) is 0 Å². The normalized spacial score (nSPS) is 30.2. The van der Waals surface area contributed by atoms with Crippen LogP contribution in [0.5, 0.6) is 0 Å². The fraction of sp³-hybridized carbons (Fsp3) is 0.500. The number of aromatic amines is 1. The quantitative estimate of drug-likeness (QED) is 0.266. The average Bonchev–Trinajstić information content (AvgIpc) is 2.97. The maximum Gasteiger partial charge on any atom is 0.469 e. The number of hydrogen-bond donors (Lipinski definition) is 6. The van der Waals surface area contributed by atoms with Crippen molar-refractivity contribution in [2.24, 2.45) is 0 Å². The number of fused-ring (bicyclic) bond motifs is 1. The number of aliphatic hydroxyl groups is 1. The van der Waals surface area contributed by atoms with Gasteiger partial charge in [-0.2, -0.15) is 17.6 Å². The molecule has 0 aliphatic carbocycles. The highest BCUT2D eigenvalue weighted by Gasteiger charge is 2.57. The molecule has 1 saturated heterocycles. The first-order chi connectivity index (χ1) is 11.5. The molecule has 2 aromatic rings. The Hall–Kier alpha value is -1.54. The third-order valence-electron chi connectivity index (χ3n) is 3.56. The van der Waals surface area contributed by atoms with Crippen LogP contribution in [0.2, 0.25) is 0 Å². The van der Waals surface area contributed by atoms with Crippen molar-refractivity contribution in [2.45, 2.75) is 23.4 Å². The number of nitrogens with zero attached hydrogens (tertiary/aromatic N) is 3. The van der Waals surface area contributed by atoms with E-state index >= 15 is 0 Å². The summed E-state index contributed by atoms with van der Waals surface area (Å²) in [6, 6.07) is 0. The van der Waals surface area contributed by atoms with Gasteiger partial charge in [-0.3, -0.25) is 18.9 Å². The SMILES string of the molecule is Nc1nc2c(ncn2[C@@H]2O[C@H](COP(=O)(O)O)[C@](O)(F)[C@H]2S)c(=O)[nH]1. The molecule has 4 atom stereocenters. The zero-order valence-electron chi connectivity index (χ0n) is 12.2. The van der Waals surface area contributed by atoms with Crippen LogP contribution in [0.25, 0.3) is 11.2 Å². The van der Waals surface area contributed by atoms with E-state index in [-0.39, 0.29) is 17.1 Å². The summed E-state index contributed by atoms with van der Waals surface area (Å²) in [5.74, 6) is -3.31. The molecule has 1 fully saturated rings. The Morgan fingerprint density at radius 2 is 2.28 bits per heavy atom. The molecule has 0 amide bonds. The van der Waals surface area contributed by atoms with Gasteiger partial charge in [-0.1, -0.05) is 0 Å². The lowest BCUT2D eigenvalue weighted by atomic mass is 10.1. The number of nitrogens with one attached hydrogen (secondary N) is 1. The number of nitrogen functional groups attached to an aromatic ring is 1. The van der Waals surface area contributed by atoms with Crippen molar-refractivity contribution < 1.29 is 33.1 Å². The van der Waals surface area contributed by atoms with Crippen LogP contribution < -0.4 is 11.3 Å². The van der Waals surface area contributed by atoms with E-state index in [2.05, 4.69) is 32.1 Å². The molecular formula is C10H13FN5O7PS. The van der Waals surface area contributed by atoms with Gasteiger partial charge in [0.15, 0.2) is 17.4 Å². The molecular weight excluding hydrogens is 384 g/mol. The molecule has 15 heteroatoms. The zero-order valence-corrected chi connectivity index (χ0v) is 14.0. The summed E-state index contributed by atoms with van der Waals surface area (Å²) >= 11 is 3.96. The molecule has 6 N–H and O–H groups in total. The molecule has 1 aliphatic rings. The Morgan fingerprint density at radius 3 is 2.92 bits per heavy atom. The molecule has 12 nitrogen and oxygen atoms in total. The van der Waals surface area contributed by atoms with Crippen molar-refractivity contribution in [1.29, 1.82) is 0 Å². The number of anilines is 1. The van der Waals surface area contributed by atoms with E-state index in [0.29, 0.717) is 0 Å². The summed E-state index contributed by atoms with van der Waals surface area (Å²) in [4.78, 5) is 39.1. The van der Waals surface area contributed by atoms with Crippen LogP contribution in [-0.2, 0) is 13.8 Å². The second kappa shape index (κ2) is 6.02. The maximum atomic E-state index is 14.5. The highest BCUT2D eigenvalue weighted by Crippen LogP contribution is 2.44. The number of halogens is 1. The predicted molar refractivity (Wildman–Crippen MR) is 83.3 cm³/mol. The fourth-order valence-electron chi connectivity index (χ4n) is 2.40. The van der Waals surface area contributed by atoms with Gasteiger partial charge < -0.3 is 25.4 Å². The highest BCUT2D eigenvalue weighted by molar-refractivity contribution is 7.81. The molecule has 3 heterocycles. The molecule has 3 rings (SSSR count). The largest absolute Gasteiger partial charge is 0.469 e. The minimum absolute atomic E-state index is 0.0438. The second-order valence-corrected chi connectivity index (χ2v) is 7.04. The molecule has 0 saturated carbocycles. The van der Waals surface area contributed by atoms with Gasteiger partial charge in [0, 0.05) is 0 Å². The van der Waals surface area contributed by atoms with Crippen LogP contribution >= 0.6 is 20.5 Å². The van der Waals surface area contributed by atoms with Gasteiger partial charge >= 0.3 is 7.82 Å². The number of phosphoric acid groups is 1. The third kappa shape index (κ3) is 3.29. The Labute approximate surface area is 143 Å². The van der Waals surface area contributed by atoms with Gasteiger partial charge in [0.1, 0.15) is 11.4 Å². The molecule has 138 valence electrons. The summed E-state index contributed by atoms with van der Waals surface area (Å²) in [6.45, 7) is -0.937. The minimum atomic E-state index is -4.90. The summed E-state index contributed by atoms with van der Waals surface area (Å²) in [5, 5.41) is 8.42. The summed E-state index contributed by atoms with van der Waals surface area (Å²) in [7, 11) is -4.90. The van der Waals surface area contributed by atoms with E-state index in [1.807, 2.05) is 0 Å². The van der Waals surface area contributed by atoms with Gasteiger partial charge in [0.05, 0.1) is 12.9 Å².